The summed E-state index contributed by atoms with van der Waals surface area (Å²) in [5, 5.41) is 8.48. The molecular formula is C16H20ClNO5S. The zero-order valence-corrected chi connectivity index (χ0v) is 15.3. The van der Waals surface area contributed by atoms with Crippen molar-refractivity contribution in [1.29, 1.82) is 0 Å². The highest BCUT2D eigenvalue weighted by Crippen LogP contribution is 2.33. The van der Waals surface area contributed by atoms with Gasteiger partial charge in [0.05, 0.1) is 15.2 Å². The second kappa shape index (κ2) is 6.37. The number of hydrogen-bond donors (Lipinski definition) is 1. The minimum Gasteiger partial charge on any atom is -0.480 e. The predicted molar refractivity (Wildman–Crippen MR) is 89.6 cm³/mol. The van der Waals surface area contributed by atoms with Gasteiger partial charge < -0.3 is 10.0 Å². The first-order chi connectivity index (χ1) is 11.0. The summed E-state index contributed by atoms with van der Waals surface area (Å²) < 4.78 is 25.7. The lowest BCUT2D eigenvalue weighted by Gasteiger charge is -2.28. The number of aliphatic carboxylic acids is 1. The summed E-state index contributed by atoms with van der Waals surface area (Å²) in [5.41, 5.74) is -0.795. The Hall–Kier alpha value is -1.60. The van der Waals surface area contributed by atoms with Gasteiger partial charge in [-0.25, -0.2) is 13.2 Å². The van der Waals surface area contributed by atoms with Crippen LogP contribution in [0.4, 0.5) is 0 Å². The minimum absolute atomic E-state index is 0.0362. The van der Waals surface area contributed by atoms with E-state index in [0.717, 1.165) is 4.90 Å². The number of likely N-dealkylation sites (tertiary alicyclic amines) is 1. The molecule has 0 aromatic heterocycles. The van der Waals surface area contributed by atoms with Gasteiger partial charge in [-0.15, -0.1) is 0 Å². The largest absolute Gasteiger partial charge is 0.480 e. The fourth-order valence-electron chi connectivity index (χ4n) is 2.77. The van der Waals surface area contributed by atoms with E-state index >= 15 is 0 Å². The Bertz CT molecular complexity index is 769. The van der Waals surface area contributed by atoms with E-state index in [1.54, 1.807) is 32.9 Å². The van der Waals surface area contributed by atoms with Crippen molar-refractivity contribution >= 4 is 33.3 Å². The maximum atomic E-state index is 12.8. The first-order valence-corrected chi connectivity index (χ1v) is 9.41. The van der Waals surface area contributed by atoms with Crippen LogP contribution in [0, 0.1) is 5.41 Å². The Morgan fingerprint density at radius 2 is 1.83 bits per heavy atom. The van der Waals surface area contributed by atoms with Crippen molar-refractivity contribution in [2.24, 2.45) is 5.41 Å². The third-order valence-electron chi connectivity index (χ3n) is 4.03. The van der Waals surface area contributed by atoms with E-state index in [2.05, 4.69) is 0 Å². The summed E-state index contributed by atoms with van der Waals surface area (Å²) in [4.78, 5) is 25.1. The number of amides is 1. The smallest absolute Gasteiger partial charge is 0.326 e. The quantitative estimate of drug-likeness (QED) is 0.877. The molecule has 0 saturated carbocycles. The first-order valence-electron chi connectivity index (χ1n) is 7.48. The molecule has 0 bridgehead atoms. The van der Waals surface area contributed by atoms with E-state index in [4.69, 9.17) is 11.6 Å². The first kappa shape index (κ1) is 18.7. The lowest BCUT2D eigenvalue weighted by Crippen LogP contribution is -2.46. The van der Waals surface area contributed by atoms with Gasteiger partial charge in [-0.05, 0) is 18.6 Å². The molecule has 2 rings (SSSR count). The molecule has 8 heteroatoms. The molecule has 1 aliphatic rings. The molecule has 1 fully saturated rings. The molecule has 0 radical (unpaired) electrons. The highest BCUT2D eigenvalue weighted by molar-refractivity contribution is 7.92. The van der Waals surface area contributed by atoms with Gasteiger partial charge >= 0.3 is 5.97 Å². The number of benzene rings is 1. The van der Waals surface area contributed by atoms with Gasteiger partial charge in [0.15, 0.2) is 9.84 Å². The van der Waals surface area contributed by atoms with E-state index in [-0.39, 0.29) is 28.8 Å². The molecule has 6 nitrogen and oxygen atoms in total. The number of carboxylic acid groups (broad SMARTS) is 1. The number of hydrogen-bond acceptors (Lipinski definition) is 4. The zero-order valence-electron chi connectivity index (χ0n) is 13.7. The fourth-order valence-corrected chi connectivity index (χ4v) is 4.98. The molecule has 2 atom stereocenters. The maximum absolute atomic E-state index is 12.8. The number of nitrogens with zero attached hydrogens (tertiary/aromatic N) is 1. The van der Waals surface area contributed by atoms with Crippen molar-refractivity contribution in [3.05, 3.63) is 29.3 Å². The minimum atomic E-state index is -3.84. The molecule has 1 aromatic rings. The highest BCUT2D eigenvalue weighted by Gasteiger charge is 2.47. The maximum Gasteiger partial charge on any atom is 0.326 e. The van der Waals surface area contributed by atoms with Crippen molar-refractivity contribution in [3.8, 4) is 0 Å². The van der Waals surface area contributed by atoms with Crippen LogP contribution in [-0.4, -0.2) is 48.1 Å². The average molecular weight is 374 g/mol. The molecule has 0 spiro atoms. The molecule has 1 saturated heterocycles. The Balaban J connectivity index is 2.39. The Kier molecular flexibility index (Phi) is 4.97. The summed E-state index contributed by atoms with van der Waals surface area (Å²) >= 11 is 5.98. The molecule has 1 aliphatic heterocycles. The van der Waals surface area contributed by atoms with Crippen LogP contribution in [-0.2, 0) is 19.4 Å². The lowest BCUT2D eigenvalue weighted by atomic mass is 9.94. The van der Waals surface area contributed by atoms with E-state index in [1.807, 2.05) is 0 Å². The molecule has 24 heavy (non-hydrogen) atoms. The van der Waals surface area contributed by atoms with E-state index in [9.17, 15) is 23.1 Å². The highest BCUT2D eigenvalue weighted by atomic mass is 35.5. The molecule has 132 valence electrons. The summed E-state index contributed by atoms with van der Waals surface area (Å²) in [6, 6.07) is 4.88. The lowest BCUT2D eigenvalue weighted by molar-refractivity contribution is -0.151. The second-order valence-corrected chi connectivity index (χ2v) is 9.50. The van der Waals surface area contributed by atoms with Gasteiger partial charge in [0.2, 0.25) is 5.91 Å². The number of rotatable bonds is 3. The number of halogens is 1. The van der Waals surface area contributed by atoms with Crippen molar-refractivity contribution in [2.45, 2.75) is 43.4 Å². The van der Waals surface area contributed by atoms with E-state index < -0.39 is 32.5 Å². The van der Waals surface area contributed by atoms with Gasteiger partial charge in [0.25, 0.3) is 0 Å². The zero-order chi connectivity index (χ0) is 18.3. The van der Waals surface area contributed by atoms with Crippen LogP contribution < -0.4 is 0 Å². The SMILES string of the molecule is CC(C)(C)C(=O)N1C[C@H](S(=O)(=O)c2ccccc2Cl)C[C@H]1C(=O)O. The average Bonchev–Trinajstić information content (AvgIpc) is 2.91. The van der Waals surface area contributed by atoms with Crippen molar-refractivity contribution in [3.63, 3.8) is 0 Å². The van der Waals surface area contributed by atoms with Crippen LogP contribution in [0.3, 0.4) is 0 Å². The van der Waals surface area contributed by atoms with Gasteiger partial charge in [-0.1, -0.05) is 44.5 Å². The van der Waals surface area contributed by atoms with Gasteiger partial charge in [0, 0.05) is 12.0 Å². The molecule has 0 unspecified atom stereocenters. The third-order valence-corrected chi connectivity index (χ3v) is 6.66. The Morgan fingerprint density at radius 3 is 2.33 bits per heavy atom. The van der Waals surface area contributed by atoms with Gasteiger partial charge in [0.1, 0.15) is 6.04 Å². The monoisotopic (exact) mass is 373 g/mol. The fraction of sp³-hybridized carbons (Fsp3) is 0.500. The van der Waals surface area contributed by atoms with E-state index in [0.29, 0.717) is 0 Å². The van der Waals surface area contributed by atoms with Crippen LogP contribution in [0.1, 0.15) is 27.2 Å². The number of sulfone groups is 1. The third kappa shape index (κ3) is 3.42. The summed E-state index contributed by atoms with van der Waals surface area (Å²) in [7, 11) is -3.84. The molecule has 1 amide bonds. The molecule has 1 N–H and O–H groups in total. The molecule has 1 aromatic carbocycles. The molecule has 0 aliphatic carbocycles. The number of carbonyl (C=O) groups is 2. The van der Waals surface area contributed by atoms with Gasteiger partial charge in [-0.3, -0.25) is 4.79 Å². The second-order valence-electron chi connectivity index (χ2n) is 6.89. The topological polar surface area (TPSA) is 91.8 Å². The Morgan fingerprint density at radius 1 is 1.25 bits per heavy atom. The van der Waals surface area contributed by atoms with Crippen LogP contribution >= 0.6 is 11.6 Å². The van der Waals surface area contributed by atoms with Gasteiger partial charge in [-0.2, -0.15) is 0 Å². The van der Waals surface area contributed by atoms with Crippen LogP contribution in [0.2, 0.25) is 5.02 Å². The normalized spacial score (nSPS) is 21.8. The van der Waals surface area contributed by atoms with Crippen molar-refractivity contribution in [1.82, 2.24) is 4.90 Å². The number of carboxylic acids is 1. The van der Waals surface area contributed by atoms with Crippen molar-refractivity contribution < 1.29 is 23.1 Å². The van der Waals surface area contributed by atoms with Crippen molar-refractivity contribution in [2.75, 3.05) is 6.54 Å². The molecule has 1 heterocycles. The summed E-state index contributed by atoms with van der Waals surface area (Å²) in [5.74, 6) is -1.59. The van der Waals surface area contributed by atoms with Crippen LogP contribution in [0.15, 0.2) is 29.2 Å². The van der Waals surface area contributed by atoms with Crippen LogP contribution in [0.25, 0.3) is 0 Å². The Labute approximate surface area is 146 Å². The van der Waals surface area contributed by atoms with Crippen LogP contribution in [0.5, 0.6) is 0 Å². The predicted octanol–water partition coefficient (Wildman–Crippen LogP) is 2.21. The summed E-state index contributed by atoms with van der Waals surface area (Å²) in [6.45, 7) is 4.86. The summed E-state index contributed by atoms with van der Waals surface area (Å²) in [6.07, 6.45) is -0.148. The van der Waals surface area contributed by atoms with E-state index in [1.165, 1.54) is 12.1 Å². The number of carbonyl (C=O) groups excluding carboxylic acids is 1. The standard InChI is InChI=1S/C16H20ClNO5S/c1-16(2,3)15(21)18-9-10(8-12(18)14(19)20)24(22,23)13-7-5-4-6-11(13)17/h4-7,10,12H,8-9H2,1-3H3,(H,19,20)/t10-,12+/m1/s1. The molecular weight excluding hydrogens is 354 g/mol.